The van der Waals surface area contributed by atoms with Crippen LogP contribution < -0.4 is 0 Å². The van der Waals surface area contributed by atoms with Gasteiger partial charge in [0.2, 0.25) is 5.78 Å². The second-order valence-corrected chi connectivity index (χ2v) is 12.3. The quantitative estimate of drug-likeness (QED) is 0.605. The minimum atomic E-state index is -1.90. The van der Waals surface area contributed by atoms with Gasteiger partial charge < -0.3 is 14.9 Å². The molecular formula is C29H37FO6. The van der Waals surface area contributed by atoms with Crippen LogP contribution in [0.3, 0.4) is 0 Å². The number of hydrogen-bond acceptors (Lipinski definition) is 6. The first-order valence-electron chi connectivity index (χ1n) is 13.3. The molecule has 196 valence electrons. The molecule has 5 rings (SSSR count). The number of alkyl halides is 1. The Kier molecular flexibility index (Phi) is 5.99. The summed E-state index contributed by atoms with van der Waals surface area (Å²) in [5, 5.41) is 21.6. The second kappa shape index (κ2) is 8.45. The van der Waals surface area contributed by atoms with Crippen LogP contribution in [0.5, 0.6) is 0 Å². The molecule has 0 heterocycles. The lowest BCUT2D eigenvalue weighted by molar-refractivity contribution is -0.254. The van der Waals surface area contributed by atoms with Crippen molar-refractivity contribution in [2.24, 2.45) is 34.5 Å². The smallest absolute Gasteiger partial charge is 0.339 e. The largest absolute Gasteiger partial charge is 0.446 e. The molecule has 0 radical (unpaired) electrons. The third kappa shape index (κ3) is 3.11. The van der Waals surface area contributed by atoms with Crippen LogP contribution in [0.25, 0.3) is 0 Å². The highest BCUT2D eigenvalue weighted by molar-refractivity contribution is 5.96. The van der Waals surface area contributed by atoms with E-state index in [4.69, 9.17) is 4.74 Å². The Morgan fingerprint density at radius 2 is 1.81 bits per heavy atom. The van der Waals surface area contributed by atoms with E-state index >= 15 is 4.39 Å². The first kappa shape index (κ1) is 25.5. The molecule has 0 aromatic heterocycles. The molecule has 0 saturated heterocycles. The monoisotopic (exact) mass is 500 g/mol. The van der Waals surface area contributed by atoms with Gasteiger partial charge in [-0.3, -0.25) is 9.59 Å². The Hall–Kier alpha value is -2.12. The predicted octanol–water partition coefficient (Wildman–Crippen LogP) is 4.06. The molecule has 4 aliphatic carbocycles. The van der Waals surface area contributed by atoms with Crippen LogP contribution in [0, 0.1) is 34.5 Å². The van der Waals surface area contributed by atoms with Gasteiger partial charge in [-0.05, 0) is 62.0 Å². The van der Waals surface area contributed by atoms with Crippen molar-refractivity contribution in [2.45, 2.75) is 83.1 Å². The van der Waals surface area contributed by atoms with E-state index in [1.807, 2.05) is 20.8 Å². The van der Waals surface area contributed by atoms with Crippen LogP contribution in [-0.4, -0.2) is 51.7 Å². The van der Waals surface area contributed by atoms with E-state index < -0.39 is 58.4 Å². The first-order chi connectivity index (χ1) is 17.0. The molecule has 6 nitrogen and oxygen atoms in total. The molecule has 3 unspecified atom stereocenters. The van der Waals surface area contributed by atoms with Crippen LogP contribution in [0.1, 0.15) is 76.1 Å². The van der Waals surface area contributed by atoms with Crippen LogP contribution in [-0.2, 0) is 14.3 Å². The molecule has 4 aliphatic rings. The van der Waals surface area contributed by atoms with E-state index in [2.05, 4.69) is 0 Å². The SMILES string of the molecule is CC1C[C@H]2[C@@H]3CCC4CC(=O)CC[C@]4(C)[C@@]3(F)C(O)C[C@]2(C)[C@@]1(OC(=O)c1ccccc1)C(=O)CO. The van der Waals surface area contributed by atoms with Crippen molar-refractivity contribution in [3.63, 3.8) is 0 Å². The summed E-state index contributed by atoms with van der Waals surface area (Å²) in [6.45, 7) is 4.74. The van der Waals surface area contributed by atoms with Crippen molar-refractivity contribution in [3.05, 3.63) is 35.9 Å². The van der Waals surface area contributed by atoms with Gasteiger partial charge in [0.15, 0.2) is 5.60 Å². The van der Waals surface area contributed by atoms with Crippen LogP contribution >= 0.6 is 0 Å². The van der Waals surface area contributed by atoms with Crippen LogP contribution in [0.4, 0.5) is 4.39 Å². The molecule has 7 heteroatoms. The van der Waals surface area contributed by atoms with Gasteiger partial charge >= 0.3 is 5.97 Å². The molecule has 4 fully saturated rings. The number of aliphatic hydroxyl groups is 2. The number of rotatable bonds is 4. The Bertz CT molecular complexity index is 1070. The number of esters is 1. The molecule has 1 aromatic rings. The minimum absolute atomic E-state index is 0.0565. The molecule has 0 bridgehead atoms. The van der Waals surface area contributed by atoms with Gasteiger partial charge in [0.1, 0.15) is 18.1 Å². The van der Waals surface area contributed by atoms with Gasteiger partial charge in [0.05, 0.1) is 11.7 Å². The summed E-state index contributed by atoms with van der Waals surface area (Å²) in [6, 6.07) is 8.39. The zero-order valence-corrected chi connectivity index (χ0v) is 21.3. The number of halogens is 1. The normalized spacial score (nSPS) is 45.8. The van der Waals surface area contributed by atoms with E-state index in [-0.39, 0.29) is 29.6 Å². The lowest BCUT2D eigenvalue weighted by Gasteiger charge is -2.65. The van der Waals surface area contributed by atoms with Crippen LogP contribution in [0.2, 0.25) is 0 Å². The van der Waals surface area contributed by atoms with Crippen molar-refractivity contribution in [3.8, 4) is 0 Å². The number of ether oxygens (including phenoxy) is 1. The number of fused-ring (bicyclic) bond motifs is 5. The van der Waals surface area contributed by atoms with E-state index in [1.165, 1.54) is 0 Å². The maximum Gasteiger partial charge on any atom is 0.339 e. The molecule has 0 aliphatic heterocycles. The highest BCUT2D eigenvalue weighted by atomic mass is 19.1. The van der Waals surface area contributed by atoms with Gasteiger partial charge in [-0.2, -0.15) is 0 Å². The summed E-state index contributed by atoms with van der Waals surface area (Å²) >= 11 is 0. The highest BCUT2D eigenvalue weighted by Gasteiger charge is 2.77. The fraction of sp³-hybridized carbons (Fsp3) is 0.690. The van der Waals surface area contributed by atoms with Gasteiger partial charge in [-0.15, -0.1) is 0 Å². The zero-order chi connectivity index (χ0) is 26.1. The highest BCUT2D eigenvalue weighted by Crippen LogP contribution is 2.72. The molecule has 1 aromatic carbocycles. The topological polar surface area (TPSA) is 101 Å². The molecule has 0 spiro atoms. The van der Waals surface area contributed by atoms with Crippen molar-refractivity contribution >= 4 is 17.5 Å². The Morgan fingerprint density at radius 3 is 2.47 bits per heavy atom. The molecule has 9 atom stereocenters. The number of carbonyl (C=O) groups is 3. The Balaban J connectivity index is 1.58. The summed E-state index contributed by atoms with van der Waals surface area (Å²) in [7, 11) is 0. The summed E-state index contributed by atoms with van der Waals surface area (Å²) in [5.74, 6) is -2.55. The maximum absolute atomic E-state index is 17.5. The Labute approximate surface area is 211 Å². The molecule has 2 N–H and O–H groups in total. The molecule has 36 heavy (non-hydrogen) atoms. The number of ketones is 2. The average molecular weight is 501 g/mol. The number of benzene rings is 1. The van der Waals surface area contributed by atoms with Crippen molar-refractivity contribution in [2.75, 3.05) is 6.61 Å². The molecule has 4 saturated carbocycles. The fourth-order valence-corrected chi connectivity index (χ4v) is 9.14. The fourth-order valence-electron chi connectivity index (χ4n) is 9.14. The van der Waals surface area contributed by atoms with Crippen molar-refractivity contribution in [1.82, 2.24) is 0 Å². The first-order valence-corrected chi connectivity index (χ1v) is 13.3. The van der Waals surface area contributed by atoms with Gasteiger partial charge in [0, 0.05) is 29.6 Å². The van der Waals surface area contributed by atoms with Gasteiger partial charge in [-0.25, -0.2) is 9.18 Å². The van der Waals surface area contributed by atoms with Gasteiger partial charge in [0.25, 0.3) is 0 Å². The third-order valence-electron chi connectivity index (χ3n) is 10.9. The lowest BCUT2D eigenvalue weighted by atomic mass is 9.42. The van der Waals surface area contributed by atoms with E-state index in [0.29, 0.717) is 38.5 Å². The van der Waals surface area contributed by atoms with E-state index in [0.717, 1.165) is 0 Å². The third-order valence-corrected chi connectivity index (χ3v) is 10.9. The summed E-state index contributed by atoms with van der Waals surface area (Å²) in [4.78, 5) is 39.0. The number of aliphatic hydroxyl groups excluding tert-OH is 2. The zero-order valence-electron chi connectivity index (χ0n) is 21.3. The molecule has 0 amide bonds. The Morgan fingerprint density at radius 1 is 1.11 bits per heavy atom. The summed E-state index contributed by atoms with van der Waals surface area (Å²) in [6.07, 6.45) is 1.28. The predicted molar refractivity (Wildman–Crippen MR) is 130 cm³/mol. The maximum atomic E-state index is 17.5. The summed E-state index contributed by atoms with van der Waals surface area (Å²) < 4.78 is 23.6. The number of Topliss-reactive ketones (excluding diaryl/α,β-unsaturated/α-hetero) is 2. The summed E-state index contributed by atoms with van der Waals surface area (Å²) in [5.41, 5.74) is -5.17. The van der Waals surface area contributed by atoms with E-state index in [9.17, 15) is 24.6 Å². The standard InChI is InChI=1S/C29H37FO6/c1-17-13-22-21-10-9-19-14-20(32)11-12-26(19,2)28(21,30)23(33)15-27(22,3)29(17,24(34)16-31)36-25(35)18-7-5-4-6-8-18/h4-8,17,19,21-23,31,33H,9-16H2,1-3H3/t17?,19?,21-,22-,23?,26-,27-,28-,29-/m0/s1. The number of carbonyl (C=O) groups excluding carboxylic acids is 3. The number of hydrogen-bond donors (Lipinski definition) is 2. The van der Waals surface area contributed by atoms with Crippen LogP contribution in [0.15, 0.2) is 30.3 Å². The van der Waals surface area contributed by atoms with E-state index in [1.54, 1.807) is 30.3 Å². The lowest BCUT2D eigenvalue weighted by Crippen LogP contribution is -2.71. The van der Waals surface area contributed by atoms with Crippen molar-refractivity contribution in [1.29, 1.82) is 0 Å². The average Bonchev–Trinajstić information content (AvgIpc) is 3.07. The van der Waals surface area contributed by atoms with Gasteiger partial charge in [-0.1, -0.05) is 39.0 Å². The second-order valence-electron chi connectivity index (χ2n) is 12.3. The minimum Gasteiger partial charge on any atom is -0.446 e. The molecular weight excluding hydrogens is 463 g/mol. The van der Waals surface area contributed by atoms with Crippen molar-refractivity contribution < 1.29 is 33.7 Å².